The molecule has 1 aromatic heterocycles. The van der Waals surface area contributed by atoms with Crippen LogP contribution in [0.5, 0.6) is 0 Å². The molecule has 0 amide bonds. The maximum absolute atomic E-state index is 13.5. The molecule has 0 bridgehead atoms. The van der Waals surface area contributed by atoms with Crippen LogP contribution >= 0.6 is 0 Å². The molecule has 1 rings (SSSR count). The molecule has 17 heavy (non-hydrogen) atoms. The van der Waals surface area contributed by atoms with Gasteiger partial charge >= 0.3 is 5.97 Å². The lowest BCUT2D eigenvalue weighted by Gasteiger charge is -2.10. The highest BCUT2D eigenvalue weighted by molar-refractivity contribution is 5.72. The average Bonchev–Trinajstić information content (AvgIpc) is 2.30. The second-order valence-corrected chi connectivity index (χ2v) is 3.22. The van der Waals surface area contributed by atoms with Crippen LogP contribution in [0.25, 0.3) is 0 Å². The third kappa shape index (κ3) is 3.16. The van der Waals surface area contributed by atoms with Crippen LogP contribution in [0.3, 0.4) is 0 Å². The van der Waals surface area contributed by atoms with Crippen molar-refractivity contribution in [1.82, 2.24) is 4.98 Å². The SMILES string of the molecule is COC(=O)Cc1c(F)cc(CN)nc1C(F)F. The van der Waals surface area contributed by atoms with Gasteiger partial charge in [0.1, 0.15) is 11.5 Å². The Hall–Kier alpha value is -1.63. The van der Waals surface area contributed by atoms with Gasteiger partial charge in [0.15, 0.2) is 0 Å². The predicted octanol–water partition coefficient (Wildman–Crippen LogP) is 1.33. The zero-order valence-electron chi connectivity index (χ0n) is 9.04. The molecule has 7 heteroatoms. The standard InChI is InChI=1S/C10H11F3N2O2/c1-17-8(16)3-6-7(11)2-5(4-14)15-9(6)10(12)13/h2,10H,3-4,14H2,1H3. The molecule has 94 valence electrons. The van der Waals surface area contributed by atoms with Gasteiger partial charge in [-0.1, -0.05) is 0 Å². The third-order valence-corrected chi connectivity index (χ3v) is 2.12. The van der Waals surface area contributed by atoms with Crippen LogP contribution in [0.15, 0.2) is 6.07 Å². The fourth-order valence-electron chi connectivity index (χ4n) is 1.29. The van der Waals surface area contributed by atoms with Crippen molar-refractivity contribution in [2.75, 3.05) is 7.11 Å². The summed E-state index contributed by atoms with van der Waals surface area (Å²) in [6.07, 6.45) is -3.56. The number of nitrogens with two attached hydrogens (primary N) is 1. The van der Waals surface area contributed by atoms with Gasteiger partial charge in [0.25, 0.3) is 6.43 Å². The minimum atomic E-state index is -2.98. The van der Waals surface area contributed by atoms with E-state index >= 15 is 0 Å². The number of ether oxygens (including phenoxy) is 1. The number of carbonyl (C=O) groups excluding carboxylic acids is 1. The summed E-state index contributed by atoms with van der Waals surface area (Å²) in [5.41, 5.74) is 3.98. The van der Waals surface area contributed by atoms with Crippen molar-refractivity contribution >= 4 is 5.97 Å². The number of nitrogens with zero attached hydrogens (tertiary/aromatic N) is 1. The van der Waals surface area contributed by atoms with Gasteiger partial charge in [0, 0.05) is 12.1 Å². The van der Waals surface area contributed by atoms with E-state index in [1.807, 2.05) is 0 Å². The lowest BCUT2D eigenvalue weighted by molar-refractivity contribution is -0.139. The van der Waals surface area contributed by atoms with Gasteiger partial charge in [0.2, 0.25) is 0 Å². The number of hydrogen-bond acceptors (Lipinski definition) is 4. The molecule has 1 heterocycles. The summed E-state index contributed by atoms with van der Waals surface area (Å²) in [5, 5.41) is 0. The number of methoxy groups -OCH3 is 1. The van der Waals surface area contributed by atoms with Gasteiger partial charge < -0.3 is 10.5 Å². The Morgan fingerprint density at radius 2 is 2.24 bits per heavy atom. The third-order valence-electron chi connectivity index (χ3n) is 2.12. The molecular formula is C10H11F3N2O2. The normalized spacial score (nSPS) is 10.7. The van der Waals surface area contributed by atoms with E-state index in [9.17, 15) is 18.0 Å². The molecule has 0 saturated heterocycles. The lowest BCUT2D eigenvalue weighted by Crippen LogP contribution is -2.13. The number of hydrogen-bond donors (Lipinski definition) is 1. The number of halogens is 3. The predicted molar refractivity (Wildman–Crippen MR) is 52.8 cm³/mol. The topological polar surface area (TPSA) is 65.2 Å². The Morgan fingerprint density at radius 3 is 2.71 bits per heavy atom. The van der Waals surface area contributed by atoms with Gasteiger partial charge in [-0.15, -0.1) is 0 Å². The average molecular weight is 248 g/mol. The molecule has 1 aromatic rings. The monoisotopic (exact) mass is 248 g/mol. The summed E-state index contributed by atoms with van der Waals surface area (Å²) in [4.78, 5) is 14.5. The quantitative estimate of drug-likeness (QED) is 0.816. The lowest BCUT2D eigenvalue weighted by atomic mass is 10.1. The highest BCUT2D eigenvalue weighted by Gasteiger charge is 2.22. The highest BCUT2D eigenvalue weighted by Crippen LogP contribution is 2.24. The second kappa shape index (κ2) is 5.62. The van der Waals surface area contributed by atoms with Crippen LogP contribution in [0.1, 0.15) is 23.4 Å². The summed E-state index contributed by atoms with van der Waals surface area (Å²) in [6, 6.07) is 0.935. The van der Waals surface area contributed by atoms with E-state index in [0.29, 0.717) is 0 Å². The number of pyridine rings is 1. The van der Waals surface area contributed by atoms with Crippen molar-refractivity contribution < 1.29 is 22.7 Å². The van der Waals surface area contributed by atoms with Gasteiger partial charge in [-0.25, -0.2) is 18.2 Å². The van der Waals surface area contributed by atoms with E-state index < -0.39 is 35.9 Å². The molecule has 2 N–H and O–H groups in total. The van der Waals surface area contributed by atoms with Crippen molar-refractivity contribution in [2.45, 2.75) is 19.4 Å². The molecule has 0 aliphatic carbocycles. The first kappa shape index (κ1) is 13.4. The Kier molecular flexibility index (Phi) is 4.45. The first-order valence-corrected chi connectivity index (χ1v) is 4.72. The van der Waals surface area contributed by atoms with Crippen LogP contribution in [0.4, 0.5) is 13.2 Å². The van der Waals surface area contributed by atoms with Crippen LogP contribution < -0.4 is 5.73 Å². The Labute approximate surface area is 95.6 Å². The summed E-state index contributed by atoms with van der Waals surface area (Å²) in [6.45, 7) is -0.158. The molecule has 0 aliphatic heterocycles. The molecule has 0 unspecified atom stereocenters. The molecular weight excluding hydrogens is 237 g/mol. The van der Waals surface area contributed by atoms with Gasteiger partial charge in [-0.05, 0) is 6.07 Å². The Morgan fingerprint density at radius 1 is 1.59 bits per heavy atom. The molecule has 0 spiro atoms. The first-order chi connectivity index (χ1) is 7.99. The molecule has 0 saturated carbocycles. The maximum Gasteiger partial charge on any atom is 0.310 e. The van der Waals surface area contributed by atoms with Gasteiger partial charge in [-0.2, -0.15) is 0 Å². The summed E-state index contributed by atoms with van der Waals surface area (Å²) in [7, 11) is 1.09. The Balaban J connectivity index is 3.21. The Bertz CT molecular complexity index is 424. The fraction of sp³-hybridized carbons (Fsp3) is 0.400. The zero-order chi connectivity index (χ0) is 13.0. The maximum atomic E-state index is 13.5. The van der Waals surface area contributed by atoms with Crippen LogP contribution in [0, 0.1) is 5.82 Å². The molecule has 0 radical (unpaired) electrons. The van der Waals surface area contributed by atoms with Crippen molar-refractivity contribution in [3.63, 3.8) is 0 Å². The molecule has 0 fully saturated rings. The molecule has 0 aliphatic rings. The molecule has 0 aromatic carbocycles. The van der Waals surface area contributed by atoms with Crippen molar-refractivity contribution in [3.05, 3.63) is 28.8 Å². The number of esters is 1. The highest BCUT2D eigenvalue weighted by atomic mass is 19.3. The summed E-state index contributed by atoms with van der Waals surface area (Å²) in [5.74, 6) is -1.74. The minimum absolute atomic E-state index is 0.00594. The first-order valence-electron chi connectivity index (χ1n) is 4.72. The second-order valence-electron chi connectivity index (χ2n) is 3.22. The fourth-order valence-corrected chi connectivity index (χ4v) is 1.29. The van der Waals surface area contributed by atoms with Crippen LogP contribution in [-0.4, -0.2) is 18.1 Å². The number of carbonyl (C=O) groups is 1. The zero-order valence-corrected chi connectivity index (χ0v) is 9.04. The van der Waals surface area contributed by atoms with Gasteiger partial charge in [-0.3, -0.25) is 4.79 Å². The number of rotatable bonds is 4. The van der Waals surface area contributed by atoms with E-state index in [4.69, 9.17) is 5.73 Å². The molecule has 0 atom stereocenters. The van der Waals surface area contributed by atoms with Crippen LogP contribution in [0.2, 0.25) is 0 Å². The smallest absolute Gasteiger partial charge is 0.310 e. The van der Waals surface area contributed by atoms with E-state index in [-0.39, 0.29) is 12.2 Å². The minimum Gasteiger partial charge on any atom is -0.469 e. The van der Waals surface area contributed by atoms with E-state index in [1.165, 1.54) is 0 Å². The molecule has 4 nitrogen and oxygen atoms in total. The van der Waals surface area contributed by atoms with E-state index in [2.05, 4.69) is 9.72 Å². The van der Waals surface area contributed by atoms with Crippen molar-refractivity contribution in [1.29, 1.82) is 0 Å². The van der Waals surface area contributed by atoms with Crippen LogP contribution in [-0.2, 0) is 22.5 Å². The largest absolute Gasteiger partial charge is 0.469 e. The summed E-state index contributed by atoms with van der Waals surface area (Å²) < 4.78 is 43.1. The van der Waals surface area contributed by atoms with E-state index in [0.717, 1.165) is 13.2 Å². The number of alkyl halides is 2. The summed E-state index contributed by atoms with van der Waals surface area (Å²) >= 11 is 0. The van der Waals surface area contributed by atoms with Crippen molar-refractivity contribution in [2.24, 2.45) is 5.73 Å². The number of aromatic nitrogens is 1. The van der Waals surface area contributed by atoms with E-state index in [1.54, 1.807) is 0 Å². The van der Waals surface area contributed by atoms with Crippen molar-refractivity contribution in [3.8, 4) is 0 Å². The van der Waals surface area contributed by atoms with Gasteiger partial charge in [0.05, 0.1) is 19.2 Å².